The summed E-state index contributed by atoms with van der Waals surface area (Å²) in [4.78, 5) is 0.428. The van der Waals surface area contributed by atoms with Gasteiger partial charge in [-0.2, -0.15) is 4.31 Å². The molecule has 0 amide bonds. The Morgan fingerprint density at radius 3 is 1.52 bits per heavy atom. The van der Waals surface area contributed by atoms with Crippen LogP contribution < -0.4 is 0 Å². The fourth-order valence-electron chi connectivity index (χ4n) is 3.23. The van der Waals surface area contributed by atoms with E-state index in [0.717, 1.165) is 25.7 Å². The van der Waals surface area contributed by atoms with Gasteiger partial charge in [-0.1, -0.05) is 96.3 Å². The van der Waals surface area contributed by atoms with E-state index in [1.165, 1.54) is 51.4 Å². The van der Waals surface area contributed by atoms with Crippen LogP contribution in [0.3, 0.4) is 0 Å². The smallest absolute Gasteiger partial charge is 0.207 e. The van der Waals surface area contributed by atoms with Gasteiger partial charge < -0.3 is 0 Å². The van der Waals surface area contributed by atoms with Crippen molar-refractivity contribution in [3.63, 3.8) is 0 Å². The van der Waals surface area contributed by atoms with Crippen molar-refractivity contribution >= 4 is 10.0 Å². The van der Waals surface area contributed by atoms with Crippen LogP contribution in [-0.4, -0.2) is 25.8 Å². The molecule has 0 aliphatic carbocycles. The molecule has 0 saturated heterocycles. The average molecular weight is 440 g/mol. The van der Waals surface area contributed by atoms with E-state index in [0.29, 0.717) is 18.0 Å². The van der Waals surface area contributed by atoms with Crippen LogP contribution in [-0.2, 0) is 26.5 Å². The Balaban J connectivity index is 0.00000676. The van der Waals surface area contributed by atoms with Crippen LogP contribution in [0.25, 0.3) is 0 Å². The van der Waals surface area contributed by atoms with E-state index in [9.17, 15) is 8.42 Å². The molecule has 5 heteroatoms. The number of sulfonamides is 1. The summed E-state index contributed by atoms with van der Waals surface area (Å²) in [6.07, 6.45) is 14.2. The molecule has 0 atom stereocenters. The Kier molecular flexibility index (Phi) is 16.3. The average Bonchev–Trinajstić information content (AvgIpc) is 2.66. The van der Waals surface area contributed by atoms with E-state index in [2.05, 4.69) is 13.8 Å². The summed E-state index contributed by atoms with van der Waals surface area (Å²) >= 11 is 0. The fourth-order valence-corrected chi connectivity index (χ4v) is 4.77. The molecule has 1 rings (SSSR count). The second-order valence-electron chi connectivity index (χ2n) is 7.25. The minimum atomic E-state index is -3.36. The second kappa shape index (κ2) is 16.6. The predicted octanol–water partition coefficient (Wildman–Crippen LogP) is 6.40. The van der Waals surface area contributed by atoms with Crippen LogP contribution >= 0.6 is 0 Å². The quantitative estimate of drug-likeness (QED) is 0.221. The minimum absolute atomic E-state index is 0. The molecule has 0 spiro atoms. The Morgan fingerprint density at radius 2 is 1.07 bits per heavy atom. The zero-order valence-corrected chi connectivity index (χ0v) is 19.1. The third kappa shape index (κ3) is 11.3. The molecule has 3 nitrogen and oxygen atoms in total. The molecule has 0 bridgehead atoms. The van der Waals surface area contributed by atoms with Crippen LogP contribution in [0.5, 0.6) is 0 Å². The Labute approximate surface area is 178 Å². The van der Waals surface area contributed by atoms with Crippen molar-refractivity contribution in [2.24, 2.45) is 0 Å². The van der Waals surface area contributed by atoms with E-state index in [-0.39, 0.29) is 16.5 Å². The maximum atomic E-state index is 13.0. The van der Waals surface area contributed by atoms with Crippen LogP contribution in [0.4, 0.5) is 0 Å². The number of nitrogens with zero attached hydrogens (tertiary/aromatic N) is 1. The molecular formula is C22H39NNiO2S. The fraction of sp³-hybridized carbons (Fsp3) is 0.727. The van der Waals surface area contributed by atoms with Crippen molar-refractivity contribution < 1.29 is 24.9 Å². The van der Waals surface area contributed by atoms with Crippen molar-refractivity contribution in [1.29, 1.82) is 0 Å². The number of benzene rings is 1. The predicted molar refractivity (Wildman–Crippen MR) is 112 cm³/mol. The van der Waals surface area contributed by atoms with Crippen molar-refractivity contribution in [3.8, 4) is 0 Å². The van der Waals surface area contributed by atoms with Gasteiger partial charge in [0.05, 0.1) is 4.90 Å². The SMILES string of the molecule is CCCCCCCCN(CCCCCCCC)S(=O)(=O)c1ccccc1.[Ni]. The van der Waals surface area contributed by atoms with Gasteiger partial charge in [-0.05, 0) is 25.0 Å². The van der Waals surface area contributed by atoms with Crippen molar-refractivity contribution in [3.05, 3.63) is 30.3 Å². The molecule has 0 aliphatic rings. The first-order valence-electron chi connectivity index (χ1n) is 10.7. The molecule has 1 aromatic rings. The summed E-state index contributed by atoms with van der Waals surface area (Å²) in [5.41, 5.74) is 0. The molecular weight excluding hydrogens is 401 g/mol. The molecule has 27 heavy (non-hydrogen) atoms. The van der Waals surface area contributed by atoms with Gasteiger partial charge >= 0.3 is 0 Å². The molecule has 0 unspecified atom stereocenters. The summed E-state index contributed by atoms with van der Waals surface area (Å²) < 4.78 is 27.7. The Hall–Kier alpha value is -0.376. The molecule has 0 fully saturated rings. The van der Waals surface area contributed by atoms with E-state index in [1.807, 2.05) is 6.07 Å². The molecule has 0 heterocycles. The van der Waals surface area contributed by atoms with Gasteiger partial charge in [-0.15, -0.1) is 0 Å². The third-order valence-corrected chi connectivity index (χ3v) is 6.82. The first-order chi connectivity index (χ1) is 12.6. The van der Waals surface area contributed by atoms with Gasteiger partial charge in [-0.25, -0.2) is 8.42 Å². The maximum Gasteiger partial charge on any atom is 0.243 e. The van der Waals surface area contributed by atoms with Gasteiger partial charge in [0, 0.05) is 29.6 Å². The first kappa shape index (κ1) is 26.6. The van der Waals surface area contributed by atoms with Gasteiger partial charge in [-0.3, -0.25) is 0 Å². The maximum absolute atomic E-state index is 13.0. The number of unbranched alkanes of at least 4 members (excludes halogenated alkanes) is 10. The van der Waals surface area contributed by atoms with E-state index < -0.39 is 10.0 Å². The summed E-state index contributed by atoms with van der Waals surface area (Å²) in [5, 5.41) is 0. The summed E-state index contributed by atoms with van der Waals surface area (Å²) in [6, 6.07) is 8.90. The van der Waals surface area contributed by atoms with Crippen molar-refractivity contribution in [2.45, 2.75) is 95.8 Å². The third-order valence-electron chi connectivity index (χ3n) is 4.90. The Morgan fingerprint density at radius 1 is 0.667 bits per heavy atom. The van der Waals surface area contributed by atoms with Crippen molar-refractivity contribution in [2.75, 3.05) is 13.1 Å². The summed E-state index contributed by atoms with van der Waals surface area (Å²) in [7, 11) is -3.36. The molecule has 160 valence electrons. The van der Waals surface area contributed by atoms with Crippen LogP contribution in [0.15, 0.2) is 35.2 Å². The van der Waals surface area contributed by atoms with Gasteiger partial charge in [0.1, 0.15) is 0 Å². The standard InChI is InChI=1S/C22H39NO2S.Ni/c1-3-5-7-9-11-16-20-23(21-17-12-10-8-6-4-2)26(24,25)22-18-14-13-15-19-22;/h13-15,18-19H,3-12,16-17,20-21H2,1-2H3;. The number of rotatable bonds is 16. The zero-order chi connectivity index (χ0) is 19.1. The van der Waals surface area contributed by atoms with E-state index in [4.69, 9.17) is 0 Å². The first-order valence-corrected chi connectivity index (χ1v) is 12.1. The summed E-state index contributed by atoms with van der Waals surface area (Å²) in [6.45, 7) is 5.74. The summed E-state index contributed by atoms with van der Waals surface area (Å²) in [5.74, 6) is 0. The zero-order valence-electron chi connectivity index (χ0n) is 17.3. The number of hydrogen-bond acceptors (Lipinski definition) is 2. The van der Waals surface area contributed by atoms with Gasteiger partial charge in [0.25, 0.3) is 0 Å². The van der Waals surface area contributed by atoms with Crippen molar-refractivity contribution in [1.82, 2.24) is 4.31 Å². The largest absolute Gasteiger partial charge is 0.243 e. The molecule has 1 aromatic carbocycles. The molecule has 0 aromatic heterocycles. The second-order valence-corrected chi connectivity index (χ2v) is 9.19. The topological polar surface area (TPSA) is 37.4 Å². The van der Waals surface area contributed by atoms with Crippen LogP contribution in [0, 0.1) is 0 Å². The van der Waals surface area contributed by atoms with Gasteiger partial charge in [0.2, 0.25) is 10.0 Å². The van der Waals surface area contributed by atoms with Crippen LogP contribution in [0.2, 0.25) is 0 Å². The van der Waals surface area contributed by atoms with E-state index >= 15 is 0 Å². The van der Waals surface area contributed by atoms with E-state index in [1.54, 1.807) is 28.6 Å². The van der Waals surface area contributed by atoms with Gasteiger partial charge in [0.15, 0.2) is 0 Å². The van der Waals surface area contributed by atoms with Crippen LogP contribution in [0.1, 0.15) is 90.9 Å². The normalized spacial score (nSPS) is 11.5. The Bertz CT molecular complexity index is 533. The molecule has 0 N–H and O–H groups in total. The monoisotopic (exact) mass is 439 g/mol. The minimum Gasteiger partial charge on any atom is -0.207 e. The molecule has 0 radical (unpaired) electrons. The molecule has 0 aliphatic heterocycles. The number of hydrogen-bond donors (Lipinski definition) is 0. The molecule has 0 saturated carbocycles.